The van der Waals surface area contributed by atoms with Crippen molar-refractivity contribution >= 4 is 28.6 Å². The molecule has 0 fully saturated rings. The van der Waals surface area contributed by atoms with Gasteiger partial charge in [-0.05, 0) is 25.3 Å². The number of carboxylic acids is 1. The van der Waals surface area contributed by atoms with E-state index in [1.54, 1.807) is 22.7 Å². The van der Waals surface area contributed by atoms with Crippen molar-refractivity contribution in [3.63, 3.8) is 0 Å². The van der Waals surface area contributed by atoms with Crippen molar-refractivity contribution in [1.29, 1.82) is 0 Å². The highest BCUT2D eigenvalue weighted by Gasteiger charge is 2.15. The number of thiophene rings is 1. The second kappa shape index (κ2) is 6.27. The summed E-state index contributed by atoms with van der Waals surface area (Å²) in [6.07, 6.45) is 1.84. The minimum Gasteiger partial charge on any atom is -0.480 e. The van der Waals surface area contributed by atoms with Crippen LogP contribution in [0.4, 0.5) is 0 Å². The normalized spacial score (nSPS) is 11.4. The maximum atomic E-state index is 10.8. The van der Waals surface area contributed by atoms with Crippen molar-refractivity contribution in [2.75, 3.05) is 6.54 Å². The van der Waals surface area contributed by atoms with Crippen LogP contribution >= 0.6 is 22.7 Å². The minimum atomic E-state index is -0.795. The zero-order valence-corrected chi connectivity index (χ0v) is 12.5. The Bertz CT molecular complexity index is 535. The fourth-order valence-electron chi connectivity index (χ4n) is 1.69. The van der Waals surface area contributed by atoms with Crippen LogP contribution in [0.15, 0.2) is 23.7 Å². The molecule has 0 aliphatic rings. The lowest BCUT2D eigenvalue weighted by Gasteiger charge is -2.23. The quantitative estimate of drug-likeness (QED) is 0.889. The molecule has 0 aliphatic carbocycles. The maximum Gasteiger partial charge on any atom is 0.317 e. The molecule has 4 nitrogen and oxygen atoms in total. The zero-order chi connectivity index (χ0) is 13.8. The van der Waals surface area contributed by atoms with Gasteiger partial charge in [0.1, 0.15) is 5.01 Å². The number of carbonyl (C=O) groups is 1. The van der Waals surface area contributed by atoms with Crippen molar-refractivity contribution in [2.45, 2.75) is 26.4 Å². The fourth-order valence-corrected chi connectivity index (χ4v) is 3.43. The molecule has 2 aromatic heterocycles. The second-order valence-corrected chi connectivity index (χ2v) is 6.56. The summed E-state index contributed by atoms with van der Waals surface area (Å²) in [4.78, 5) is 19.4. The van der Waals surface area contributed by atoms with E-state index in [4.69, 9.17) is 5.11 Å². The van der Waals surface area contributed by atoms with Crippen LogP contribution in [0.5, 0.6) is 0 Å². The Hall–Kier alpha value is -1.24. The van der Waals surface area contributed by atoms with E-state index in [9.17, 15) is 4.79 Å². The number of rotatable bonds is 6. The fraction of sp³-hybridized carbons (Fsp3) is 0.385. The van der Waals surface area contributed by atoms with Gasteiger partial charge in [-0.15, -0.1) is 22.7 Å². The van der Waals surface area contributed by atoms with Crippen LogP contribution < -0.4 is 0 Å². The molecule has 102 valence electrons. The van der Waals surface area contributed by atoms with Crippen molar-refractivity contribution in [3.05, 3.63) is 28.6 Å². The first-order valence-electron chi connectivity index (χ1n) is 6.00. The van der Waals surface area contributed by atoms with Crippen molar-refractivity contribution in [1.82, 2.24) is 9.88 Å². The summed E-state index contributed by atoms with van der Waals surface area (Å²) in [6, 6.07) is 4.25. The number of thiazole rings is 1. The Labute approximate surface area is 120 Å². The molecular formula is C13H16N2O2S2. The Morgan fingerprint density at radius 1 is 1.53 bits per heavy atom. The number of hydrogen-bond acceptors (Lipinski definition) is 5. The number of aliphatic carboxylic acids is 1. The average Bonchev–Trinajstić information content (AvgIpc) is 2.97. The second-order valence-electron chi connectivity index (χ2n) is 4.50. The summed E-state index contributed by atoms with van der Waals surface area (Å²) in [6.45, 7) is 4.70. The molecule has 2 rings (SSSR count). The van der Waals surface area contributed by atoms with Crippen molar-refractivity contribution < 1.29 is 9.90 Å². The van der Waals surface area contributed by atoms with Gasteiger partial charge in [0.25, 0.3) is 0 Å². The minimum absolute atomic E-state index is 0.0594. The van der Waals surface area contributed by atoms with Gasteiger partial charge in [-0.3, -0.25) is 9.69 Å². The van der Waals surface area contributed by atoms with Gasteiger partial charge in [0.05, 0.1) is 11.4 Å². The van der Waals surface area contributed by atoms with E-state index in [1.165, 1.54) is 0 Å². The Balaban J connectivity index is 2.08. The number of hydrogen-bond donors (Lipinski definition) is 1. The van der Waals surface area contributed by atoms with Gasteiger partial charge in [0.2, 0.25) is 0 Å². The molecule has 0 atom stereocenters. The van der Waals surface area contributed by atoms with Crippen LogP contribution in [0, 0.1) is 0 Å². The molecule has 0 spiro atoms. The molecule has 0 saturated carbocycles. The van der Waals surface area contributed by atoms with Crippen LogP contribution in [-0.2, 0) is 11.3 Å². The largest absolute Gasteiger partial charge is 0.480 e. The average molecular weight is 296 g/mol. The SMILES string of the molecule is CC(C)N(CC(=O)O)Cc1cnc(-c2cccs2)s1. The third-order valence-corrected chi connectivity index (χ3v) is 4.73. The van der Waals surface area contributed by atoms with E-state index in [0.717, 1.165) is 14.8 Å². The summed E-state index contributed by atoms with van der Waals surface area (Å²) in [5.41, 5.74) is 0. The first kappa shape index (κ1) is 14.2. The molecule has 0 aromatic carbocycles. The highest BCUT2D eigenvalue weighted by atomic mass is 32.1. The van der Waals surface area contributed by atoms with Crippen LogP contribution in [0.25, 0.3) is 9.88 Å². The number of carboxylic acid groups (broad SMARTS) is 1. The van der Waals surface area contributed by atoms with Gasteiger partial charge in [0.15, 0.2) is 0 Å². The van der Waals surface area contributed by atoms with Crippen molar-refractivity contribution in [2.24, 2.45) is 0 Å². The van der Waals surface area contributed by atoms with E-state index < -0.39 is 5.97 Å². The lowest BCUT2D eigenvalue weighted by atomic mass is 10.3. The summed E-state index contributed by atoms with van der Waals surface area (Å²) in [5.74, 6) is -0.795. The van der Waals surface area contributed by atoms with E-state index >= 15 is 0 Å². The molecule has 2 aromatic rings. The molecule has 0 aliphatic heterocycles. The van der Waals surface area contributed by atoms with E-state index in [-0.39, 0.29) is 12.6 Å². The summed E-state index contributed by atoms with van der Waals surface area (Å²) >= 11 is 3.29. The number of nitrogens with zero attached hydrogens (tertiary/aromatic N) is 2. The molecule has 2 heterocycles. The third-order valence-electron chi connectivity index (χ3n) is 2.71. The Morgan fingerprint density at radius 3 is 2.89 bits per heavy atom. The van der Waals surface area contributed by atoms with Crippen molar-refractivity contribution in [3.8, 4) is 9.88 Å². The van der Waals surface area contributed by atoms with E-state index in [1.807, 2.05) is 42.5 Å². The molecule has 1 N–H and O–H groups in total. The van der Waals surface area contributed by atoms with Crippen LogP contribution in [-0.4, -0.2) is 33.5 Å². The third kappa shape index (κ3) is 3.86. The molecular weight excluding hydrogens is 280 g/mol. The molecule has 0 unspecified atom stereocenters. The highest BCUT2D eigenvalue weighted by molar-refractivity contribution is 7.20. The highest BCUT2D eigenvalue weighted by Crippen LogP contribution is 2.29. The predicted molar refractivity (Wildman–Crippen MR) is 78.6 cm³/mol. The molecule has 0 saturated heterocycles. The molecule has 6 heteroatoms. The molecule has 0 radical (unpaired) electrons. The molecule has 0 amide bonds. The van der Waals surface area contributed by atoms with Gasteiger partial charge < -0.3 is 5.11 Å². The standard InChI is InChI=1S/C13H16N2O2S2/c1-9(2)15(8-12(16)17)7-10-6-14-13(19-10)11-4-3-5-18-11/h3-6,9H,7-8H2,1-2H3,(H,16,17). The summed E-state index contributed by atoms with van der Waals surface area (Å²) in [7, 11) is 0. The van der Waals surface area contributed by atoms with E-state index in [0.29, 0.717) is 6.54 Å². The lowest BCUT2D eigenvalue weighted by Crippen LogP contribution is -2.34. The summed E-state index contributed by atoms with van der Waals surface area (Å²) < 4.78 is 0. The summed E-state index contributed by atoms with van der Waals surface area (Å²) in [5, 5.41) is 11.9. The first-order chi connectivity index (χ1) is 9.06. The lowest BCUT2D eigenvalue weighted by molar-refractivity contribution is -0.138. The maximum absolute atomic E-state index is 10.8. The Morgan fingerprint density at radius 2 is 2.32 bits per heavy atom. The van der Waals surface area contributed by atoms with Gasteiger partial charge in [0, 0.05) is 23.7 Å². The van der Waals surface area contributed by atoms with Gasteiger partial charge in [-0.2, -0.15) is 0 Å². The van der Waals surface area contributed by atoms with Crippen LogP contribution in [0.2, 0.25) is 0 Å². The van der Waals surface area contributed by atoms with Gasteiger partial charge in [-0.25, -0.2) is 4.98 Å². The molecule has 19 heavy (non-hydrogen) atoms. The molecule has 0 bridgehead atoms. The van der Waals surface area contributed by atoms with Crippen LogP contribution in [0.1, 0.15) is 18.7 Å². The smallest absolute Gasteiger partial charge is 0.317 e. The predicted octanol–water partition coefficient (Wildman–Crippen LogP) is 3.17. The Kier molecular flexibility index (Phi) is 4.68. The van der Waals surface area contributed by atoms with E-state index in [2.05, 4.69) is 4.98 Å². The first-order valence-corrected chi connectivity index (χ1v) is 7.70. The zero-order valence-electron chi connectivity index (χ0n) is 10.9. The monoisotopic (exact) mass is 296 g/mol. The van der Waals surface area contributed by atoms with Gasteiger partial charge >= 0.3 is 5.97 Å². The van der Waals surface area contributed by atoms with Gasteiger partial charge in [-0.1, -0.05) is 6.07 Å². The van der Waals surface area contributed by atoms with Crippen LogP contribution in [0.3, 0.4) is 0 Å². The number of aromatic nitrogens is 1. The topological polar surface area (TPSA) is 53.4 Å².